The van der Waals surface area contributed by atoms with Crippen LogP contribution in [0.3, 0.4) is 0 Å². The van der Waals surface area contributed by atoms with E-state index in [0.29, 0.717) is 15.8 Å². The van der Waals surface area contributed by atoms with Gasteiger partial charge in [-0.15, -0.1) is 11.3 Å². The molecule has 0 saturated carbocycles. The molecule has 7 heteroatoms. The Morgan fingerprint density at radius 2 is 1.73 bits per heavy atom. The molecule has 2 aromatic carbocycles. The van der Waals surface area contributed by atoms with Crippen molar-refractivity contribution in [3.8, 4) is 11.1 Å². The third-order valence-corrected chi connectivity index (χ3v) is 5.77. The van der Waals surface area contributed by atoms with Crippen molar-refractivity contribution in [1.29, 1.82) is 0 Å². The second kappa shape index (κ2) is 8.42. The van der Waals surface area contributed by atoms with Crippen LogP contribution in [0, 0.1) is 0 Å². The van der Waals surface area contributed by atoms with E-state index < -0.39 is 12.0 Å². The Morgan fingerprint density at radius 3 is 2.40 bits per heavy atom. The fourth-order valence-corrected chi connectivity index (χ4v) is 4.26. The van der Waals surface area contributed by atoms with Gasteiger partial charge in [-0.25, -0.2) is 4.98 Å². The molecule has 1 atom stereocenters. The molecule has 2 heterocycles. The maximum atomic E-state index is 13.5. The van der Waals surface area contributed by atoms with Crippen LogP contribution >= 0.6 is 11.3 Å². The zero-order chi connectivity index (χ0) is 21.1. The van der Waals surface area contributed by atoms with Gasteiger partial charge in [-0.1, -0.05) is 60.7 Å². The Balaban J connectivity index is 1.87. The number of benzene rings is 2. The third-order valence-electron chi connectivity index (χ3n) is 4.89. The number of Topliss-reactive ketones (excluding diaryl/α,β-unsaturated/α-hetero) is 1. The van der Waals surface area contributed by atoms with Gasteiger partial charge in [0, 0.05) is 16.5 Å². The number of fused-ring (bicyclic) bond motifs is 1. The lowest BCUT2D eigenvalue weighted by atomic mass is 10.0. The average Bonchev–Trinajstić information content (AvgIpc) is 3.24. The van der Waals surface area contributed by atoms with Crippen LogP contribution in [0.2, 0.25) is 0 Å². The molecule has 4 aromatic rings. The Bertz CT molecular complexity index is 1260. The van der Waals surface area contributed by atoms with E-state index in [0.717, 1.165) is 11.1 Å². The first-order valence-electron chi connectivity index (χ1n) is 9.30. The summed E-state index contributed by atoms with van der Waals surface area (Å²) in [7, 11) is 1.25. The molecule has 6 nitrogen and oxygen atoms in total. The number of methoxy groups -OCH3 is 1. The van der Waals surface area contributed by atoms with Gasteiger partial charge < -0.3 is 4.74 Å². The van der Waals surface area contributed by atoms with Gasteiger partial charge in [-0.05, 0) is 5.56 Å². The molecule has 0 aliphatic carbocycles. The summed E-state index contributed by atoms with van der Waals surface area (Å²) in [5.74, 6) is -0.925. The number of hydrogen-bond donors (Lipinski definition) is 0. The molecule has 0 spiro atoms. The van der Waals surface area contributed by atoms with Gasteiger partial charge in [0.15, 0.2) is 5.78 Å². The Kier molecular flexibility index (Phi) is 5.54. The Morgan fingerprint density at radius 1 is 1.07 bits per heavy atom. The molecule has 150 valence electrons. The van der Waals surface area contributed by atoms with Crippen LogP contribution < -0.4 is 5.56 Å². The highest BCUT2D eigenvalue weighted by atomic mass is 32.1. The maximum Gasteiger partial charge on any atom is 0.308 e. The second-order valence-corrected chi connectivity index (χ2v) is 7.54. The molecule has 30 heavy (non-hydrogen) atoms. The van der Waals surface area contributed by atoms with E-state index in [1.165, 1.54) is 29.3 Å². The van der Waals surface area contributed by atoms with Crippen molar-refractivity contribution in [3.05, 3.63) is 88.3 Å². The van der Waals surface area contributed by atoms with Crippen molar-refractivity contribution in [2.45, 2.75) is 12.5 Å². The van der Waals surface area contributed by atoms with Crippen molar-refractivity contribution in [1.82, 2.24) is 9.55 Å². The highest BCUT2D eigenvalue weighted by molar-refractivity contribution is 7.17. The summed E-state index contributed by atoms with van der Waals surface area (Å²) in [6.45, 7) is 0. The van der Waals surface area contributed by atoms with Gasteiger partial charge in [0.25, 0.3) is 5.56 Å². The fourth-order valence-electron chi connectivity index (χ4n) is 3.35. The first kappa shape index (κ1) is 19.7. The maximum absolute atomic E-state index is 13.5. The topological polar surface area (TPSA) is 78.3 Å². The van der Waals surface area contributed by atoms with E-state index in [4.69, 9.17) is 4.74 Å². The average molecular weight is 418 g/mol. The van der Waals surface area contributed by atoms with Gasteiger partial charge in [0.05, 0.1) is 25.2 Å². The molecule has 0 aliphatic rings. The standard InChI is InChI=1S/C23H18N2O4S/c1-29-19(26)12-18(21(27)16-10-6-3-7-11-16)25-14-24-22-20(23(25)28)17(13-30-22)15-8-4-2-5-9-15/h2-11,13-14,18H,12H2,1H3. The normalized spacial score (nSPS) is 11.9. The smallest absolute Gasteiger partial charge is 0.308 e. The van der Waals surface area contributed by atoms with Gasteiger partial charge in [0.2, 0.25) is 0 Å². The number of hydrogen-bond acceptors (Lipinski definition) is 6. The van der Waals surface area contributed by atoms with E-state index in [1.807, 2.05) is 35.7 Å². The number of carbonyl (C=O) groups excluding carboxylic acids is 2. The van der Waals surface area contributed by atoms with Crippen LogP contribution in [-0.2, 0) is 9.53 Å². The van der Waals surface area contributed by atoms with E-state index in [-0.39, 0.29) is 17.8 Å². The zero-order valence-corrected chi connectivity index (χ0v) is 17.0. The molecule has 4 rings (SSSR count). The highest BCUT2D eigenvalue weighted by Crippen LogP contribution is 2.31. The zero-order valence-electron chi connectivity index (χ0n) is 16.1. The summed E-state index contributed by atoms with van der Waals surface area (Å²) in [5.41, 5.74) is 1.69. The minimum atomic E-state index is -1.05. The molecule has 0 fully saturated rings. The Labute approximate surface area is 176 Å². The van der Waals surface area contributed by atoms with Crippen LogP contribution in [0.1, 0.15) is 22.8 Å². The lowest BCUT2D eigenvalue weighted by Crippen LogP contribution is -2.32. The van der Waals surface area contributed by atoms with Crippen LogP contribution in [-0.4, -0.2) is 28.4 Å². The third kappa shape index (κ3) is 3.67. The monoisotopic (exact) mass is 418 g/mol. The second-order valence-electron chi connectivity index (χ2n) is 6.68. The van der Waals surface area contributed by atoms with Crippen LogP contribution in [0.15, 0.2) is 77.2 Å². The molecule has 0 N–H and O–H groups in total. The minimum absolute atomic E-state index is 0.262. The van der Waals surface area contributed by atoms with Crippen molar-refractivity contribution >= 4 is 33.3 Å². The highest BCUT2D eigenvalue weighted by Gasteiger charge is 2.28. The minimum Gasteiger partial charge on any atom is -0.469 e. The number of thiophene rings is 1. The molecule has 0 saturated heterocycles. The molecular formula is C23H18N2O4S. The van der Waals surface area contributed by atoms with Crippen LogP contribution in [0.4, 0.5) is 0 Å². The summed E-state index contributed by atoms with van der Waals surface area (Å²) < 4.78 is 6.01. The SMILES string of the molecule is COC(=O)CC(C(=O)c1ccccc1)n1cnc2scc(-c3ccccc3)c2c1=O. The number of esters is 1. The summed E-state index contributed by atoms with van der Waals surface area (Å²) in [6, 6.07) is 17.1. The largest absolute Gasteiger partial charge is 0.469 e. The van der Waals surface area contributed by atoms with Gasteiger partial charge in [0.1, 0.15) is 10.9 Å². The number of rotatable bonds is 6. The van der Waals surface area contributed by atoms with E-state index in [1.54, 1.807) is 30.3 Å². The van der Waals surface area contributed by atoms with Crippen molar-refractivity contribution in [3.63, 3.8) is 0 Å². The van der Waals surface area contributed by atoms with E-state index in [9.17, 15) is 14.4 Å². The number of ketones is 1. The number of aromatic nitrogens is 2. The van der Waals surface area contributed by atoms with Crippen molar-refractivity contribution < 1.29 is 14.3 Å². The summed E-state index contributed by atoms with van der Waals surface area (Å²) in [4.78, 5) is 43.7. The van der Waals surface area contributed by atoms with E-state index >= 15 is 0 Å². The van der Waals surface area contributed by atoms with Gasteiger partial charge >= 0.3 is 5.97 Å². The summed E-state index contributed by atoms with van der Waals surface area (Å²) in [5, 5.41) is 2.32. The molecular weight excluding hydrogens is 400 g/mol. The van der Waals surface area contributed by atoms with Gasteiger partial charge in [-0.2, -0.15) is 0 Å². The lowest BCUT2D eigenvalue weighted by Gasteiger charge is -2.18. The first-order valence-corrected chi connectivity index (χ1v) is 10.2. The summed E-state index contributed by atoms with van der Waals surface area (Å²) in [6.07, 6.45) is 1.08. The van der Waals surface area contributed by atoms with Gasteiger partial charge in [-0.3, -0.25) is 19.0 Å². The predicted molar refractivity (Wildman–Crippen MR) is 116 cm³/mol. The summed E-state index contributed by atoms with van der Waals surface area (Å²) >= 11 is 1.37. The van der Waals surface area contributed by atoms with E-state index in [2.05, 4.69) is 4.98 Å². The fraction of sp³-hybridized carbons (Fsp3) is 0.130. The van der Waals surface area contributed by atoms with Crippen LogP contribution in [0.25, 0.3) is 21.3 Å². The Hall–Kier alpha value is -3.58. The number of nitrogens with zero attached hydrogens (tertiary/aromatic N) is 2. The predicted octanol–water partition coefficient (Wildman–Crippen LogP) is 4.11. The molecule has 1 unspecified atom stereocenters. The number of carbonyl (C=O) groups is 2. The molecule has 0 aliphatic heterocycles. The first-order chi connectivity index (χ1) is 14.6. The lowest BCUT2D eigenvalue weighted by molar-refractivity contribution is -0.141. The van der Waals surface area contributed by atoms with Crippen molar-refractivity contribution in [2.24, 2.45) is 0 Å². The quantitative estimate of drug-likeness (QED) is 0.348. The molecule has 2 aromatic heterocycles. The number of ether oxygens (including phenoxy) is 1. The molecule has 0 bridgehead atoms. The molecule has 0 radical (unpaired) electrons. The van der Waals surface area contributed by atoms with Crippen molar-refractivity contribution in [2.75, 3.05) is 7.11 Å². The van der Waals surface area contributed by atoms with Crippen LogP contribution in [0.5, 0.6) is 0 Å². The molecule has 0 amide bonds.